The van der Waals surface area contributed by atoms with Crippen LogP contribution in [0.4, 0.5) is 0 Å². The van der Waals surface area contributed by atoms with Crippen molar-refractivity contribution in [2.24, 2.45) is 0 Å². The summed E-state index contributed by atoms with van der Waals surface area (Å²) < 4.78 is 15.4. The van der Waals surface area contributed by atoms with Crippen molar-refractivity contribution in [3.05, 3.63) is 0 Å². The number of rotatable bonds is 6. The van der Waals surface area contributed by atoms with E-state index in [0.29, 0.717) is 25.9 Å². The van der Waals surface area contributed by atoms with Crippen LogP contribution < -0.4 is 5.32 Å². The number of hydrogen-bond acceptors (Lipinski definition) is 5. The van der Waals surface area contributed by atoms with Crippen molar-refractivity contribution in [1.29, 1.82) is 0 Å². The van der Waals surface area contributed by atoms with Crippen LogP contribution in [0.5, 0.6) is 0 Å². The first kappa shape index (κ1) is 11.8. The van der Waals surface area contributed by atoms with Gasteiger partial charge in [0.15, 0.2) is 0 Å². The van der Waals surface area contributed by atoms with E-state index in [9.17, 15) is 4.79 Å². The van der Waals surface area contributed by atoms with E-state index in [0.717, 1.165) is 12.8 Å². The first-order valence-corrected chi connectivity index (χ1v) is 5.69. The second kappa shape index (κ2) is 4.69. The Morgan fingerprint density at radius 3 is 2.62 bits per heavy atom. The molecule has 1 saturated carbocycles. The van der Waals surface area contributed by atoms with E-state index in [1.165, 1.54) is 7.11 Å². The molecule has 2 rings (SSSR count). The van der Waals surface area contributed by atoms with Gasteiger partial charge >= 0.3 is 5.97 Å². The number of ether oxygens (including phenoxy) is 3. The van der Waals surface area contributed by atoms with E-state index in [1.807, 2.05) is 6.92 Å². The molecule has 92 valence electrons. The minimum Gasteiger partial charge on any atom is -0.468 e. The van der Waals surface area contributed by atoms with Gasteiger partial charge < -0.3 is 14.2 Å². The van der Waals surface area contributed by atoms with E-state index < -0.39 is 5.54 Å². The van der Waals surface area contributed by atoms with E-state index in [2.05, 4.69) is 5.32 Å². The summed E-state index contributed by atoms with van der Waals surface area (Å²) in [5.41, 5.74) is -0.731. The molecule has 0 aromatic carbocycles. The summed E-state index contributed by atoms with van der Waals surface area (Å²) >= 11 is 0. The second-order valence-corrected chi connectivity index (χ2v) is 4.71. The zero-order chi connectivity index (χ0) is 11.6. The molecule has 5 nitrogen and oxygen atoms in total. The third-order valence-corrected chi connectivity index (χ3v) is 2.95. The monoisotopic (exact) mass is 229 g/mol. The van der Waals surface area contributed by atoms with Crippen molar-refractivity contribution in [2.45, 2.75) is 37.5 Å². The Morgan fingerprint density at radius 1 is 1.50 bits per heavy atom. The highest BCUT2D eigenvalue weighted by atomic mass is 16.6. The maximum Gasteiger partial charge on any atom is 0.328 e. The lowest BCUT2D eigenvalue weighted by Crippen LogP contribution is -2.56. The molecule has 1 aliphatic carbocycles. The van der Waals surface area contributed by atoms with E-state index >= 15 is 0 Å². The first-order chi connectivity index (χ1) is 7.64. The Labute approximate surface area is 95.4 Å². The third-order valence-electron chi connectivity index (χ3n) is 2.95. The van der Waals surface area contributed by atoms with Gasteiger partial charge in [-0.05, 0) is 19.8 Å². The van der Waals surface area contributed by atoms with Crippen LogP contribution in [0.3, 0.4) is 0 Å². The van der Waals surface area contributed by atoms with Gasteiger partial charge in [-0.1, -0.05) is 0 Å². The molecule has 1 N–H and O–H groups in total. The van der Waals surface area contributed by atoms with Gasteiger partial charge in [0.1, 0.15) is 11.6 Å². The summed E-state index contributed by atoms with van der Waals surface area (Å²) in [6, 6.07) is 0.436. The molecule has 1 saturated heterocycles. The average molecular weight is 229 g/mol. The third kappa shape index (κ3) is 2.72. The highest BCUT2D eigenvalue weighted by Gasteiger charge is 2.40. The van der Waals surface area contributed by atoms with Crippen molar-refractivity contribution in [3.8, 4) is 0 Å². The summed E-state index contributed by atoms with van der Waals surface area (Å²) in [7, 11) is 1.40. The van der Waals surface area contributed by atoms with E-state index in [1.54, 1.807) is 0 Å². The molecule has 0 radical (unpaired) electrons. The van der Waals surface area contributed by atoms with Crippen LogP contribution in [0.25, 0.3) is 0 Å². The molecule has 1 atom stereocenters. The molecule has 1 aliphatic heterocycles. The van der Waals surface area contributed by atoms with Crippen molar-refractivity contribution >= 4 is 5.97 Å². The Hall–Kier alpha value is -0.650. The van der Waals surface area contributed by atoms with Gasteiger partial charge in [0, 0.05) is 6.04 Å². The fourth-order valence-electron chi connectivity index (χ4n) is 1.66. The largest absolute Gasteiger partial charge is 0.468 e. The molecular weight excluding hydrogens is 210 g/mol. The van der Waals surface area contributed by atoms with Crippen LogP contribution in [0.15, 0.2) is 0 Å². The fraction of sp³-hybridized carbons (Fsp3) is 0.909. The average Bonchev–Trinajstić information content (AvgIpc) is 2.98. The molecule has 0 aromatic heterocycles. The van der Waals surface area contributed by atoms with Gasteiger partial charge in [-0.15, -0.1) is 0 Å². The topological polar surface area (TPSA) is 56.8 Å². The Morgan fingerprint density at radius 2 is 2.19 bits per heavy atom. The minimum atomic E-state index is -0.731. The van der Waals surface area contributed by atoms with Crippen molar-refractivity contribution in [3.63, 3.8) is 0 Å². The lowest BCUT2D eigenvalue weighted by atomic mass is 10.0. The van der Waals surface area contributed by atoms with E-state index in [4.69, 9.17) is 14.2 Å². The quantitative estimate of drug-likeness (QED) is 0.654. The summed E-state index contributed by atoms with van der Waals surface area (Å²) in [6.45, 7) is 3.42. The zero-order valence-corrected chi connectivity index (χ0v) is 9.82. The van der Waals surface area contributed by atoms with Crippen LogP contribution in [-0.4, -0.2) is 50.6 Å². The molecule has 2 aliphatic rings. The molecule has 0 spiro atoms. The van der Waals surface area contributed by atoms with Gasteiger partial charge in [0.25, 0.3) is 0 Å². The van der Waals surface area contributed by atoms with Crippen molar-refractivity contribution < 1.29 is 19.0 Å². The molecule has 0 bridgehead atoms. The lowest BCUT2D eigenvalue weighted by molar-refractivity contribution is -0.163. The number of esters is 1. The predicted octanol–water partition coefficient (Wildman–Crippen LogP) is 0.0855. The molecule has 5 heteroatoms. The molecule has 1 unspecified atom stereocenters. The first-order valence-electron chi connectivity index (χ1n) is 5.69. The predicted molar refractivity (Wildman–Crippen MR) is 57.1 cm³/mol. The lowest BCUT2D eigenvalue weighted by Gasteiger charge is -2.32. The van der Waals surface area contributed by atoms with Gasteiger partial charge in [0.2, 0.25) is 0 Å². The fourth-order valence-corrected chi connectivity index (χ4v) is 1.66. The van der Waals surface area contributed by atoms with Gasteiger partial charge in [-0.2, -0.15) is 0 Å². The highest BCUT2D eigenvalue weighted by molar-refractivity contribution is 5.80. The molecular formula is C11H19NO4. The number of carbonyl (C=O) groups excluding carboxylic acids is 1. The number of hydrogen-bond donors (Lipinski definition) is 1. The van der Waals surface area contributed by atoms with Crippen LogP contribution in [0, 0.1) is 0 Å². The maximum absolute atomic E-state index is 11.7. The smallest absolute Gasteiger partial charge is 0.328 e. The molecule has 0 aromatic rings. The van der Waals surface area contributed by atoms with Crippen LogP contribution in [0.2, 0.25) is 0 Å². The van der Waals surface area contributed by atoms with Crippen LogP contribution >= 0.6 is 0 Å². The van der Waals surface area contributed by atoms with Gasteiger partial charge in [-0.3, -0.25) is 5.32 Å². The number of methoxy groups -OCH3 is 1. The highest BCUT2D eigenvalue weighted by Crippen LogP contribution is 2.24. The van der Waals surface area contributed by atoms with E-state index in [-0.39, 0.29) is 12.1 Å². The van der Waals surface area contributed by atoms with Crippen LogP contribution in [0.1, 0.15) is 19.8 Å². The summed E-state index contributed by atoms with van der Waals surface area (Å²) in [6.07, 6.45) is 2.38. The minimum absolute atomic E-state index is 0.130. The summed E-state index contributed by atoms with van der Waals surface area (Å²) in [4.78, 5) is 11.7. The Kier molecular flexibility index (Phi) is 3.47. The molecule has 0 amide bonds. The Bertz CT molecular complexity index is 263. The zero-order valence-electron chi connectivity index (χ0n) is 9.82. The van der Waals surface area contributed by atoms with Crippen LogP contribution in [-0.2, 0) is 19.0 Å². The number of carbonyl (C=O) groups is 1. The molecule has 2 fully saturated rings. The maximum atomic E-state index is 11.7. The van der Waals surface area contributed by atoms with Crippen molar-refractivity contribution in [2.75, 3.05) is 26.9 Å². The summed E-state index contributed by atoms with van der Waals surface area (Å²) in [5.74, 6) is -0.264. The summed E-state index contributed by atoms with van der Waals surface area (Å²) in [5, 5.41) is 3.28. The normalized spacial score (nSPS) is 24.6. The Balaban J connectivity index is 1.86. The second-order valence-electron chi connectivity index (χ2n) is 4.71. The van der Waals surface area contributed by atoms with Gasteiger partial charge in [-0.25, -0.2) is 4.79 Å². The molecule has 16 heavy (non-hydrogen) atoms. The standard InChI is InChI=1S/C11H19NO4/c1-11(10(13)14-2,12-8-3-4-8)7-16-9-5-15-6-9/h8-9,12H,3-7H2,1-2H3. The SMILES string of the molecule is COC(=O)C(C)(COC1COC1)NC1CC1. The van der Waals surface area contributed by atoms with Crippen molar-refractivity contribution in [1.82, 2.24) is 5.32 Å². The number of nitrogens with one attached hydrogen (secondary N) is 1. The van der Waals surface area contributed by atoms with Gasteiger partial charge in [0.05, 0.1) is 26.9 Å². The molecule has 1 heterocycles.